The van der Waals surface area contributed by atoms with Crippen molar-refractivity contribution in [2.75, 3.05) is 0 Å². The Kier molecular flexibility index (Phi) is 3.07. The molecule has 0 spiro atoms. The molecule has 1 aromatic heterocycles. The first-order valence-corrected chi connectivity index (χ1v) is 6.18. The van der Waals surface area contributed by atoms with Gasteiger partial charge in [-0.2, -0.15) is 0 Å². The molecule has 82 valence electrons. The number of thiophene rings is 1. The molecule has 0 saturated heterocycles. The highest BCUT2D eigenvalue weighted by atomic mass is 32.1. The number of rotatable bonds is 4. The van der Waals surface area contributed by atoms with Crippen LogP contribution in [0.4, 0.5) is 0 Å². The van der Waals surface area contributed by atoms with Gasteiger partial charge in [-0.3, -0.25) is 10.1 Å². The Bertz CT molecular complexity index is 328. The maximum absolute atomic E-state index is 11.4. The minimum Gasteiger partial charge on any atom is -0.368 e. The minimum atomic E-state index is -0.440. The zero-order valence-electron chi connectivity index (χ0n) is 8.66. The number of primary amides is 1. The summed E-state index contributed by atoms with van der Waals surface area (Å²) in [6.45, 7) is 0.751. The molecule has 0 aromatic carbocycles. The van der Waals surface area contributed by atoms with Crippen molar-refractivity contribution in [3.63, 3.8) is 0 Å². The molecule has 4 heteroatoms. The summed E-state index contributed by atoms with van der Waals surface area (Å²) < 4.78 is 0. The van der Waals surface area contributed by atoms with Crippen molar-refractivity contribution in [3.05, 3.63) is 22.4 Å². The van der Waals surface area contributed by atoms with Gasteiger partial charge >= 0.3 is 0 Å². The van der Waals surface area contributed by atoms with Gasteiger partial charge < -0.3 is 5.73 Å². The van der Waals surface area contributed by atoms with Gasteiger partial charge in [-0.25, -0.2) is 0 Å². The van der Waals surface area contributed by atoms with Crippen LogP contribution >= 0.6 is 11.3 Å². The Morgan fingerprint density at radius 3 is 2.80 bits per heavy atom. The van der Waals surface area contributed by atoms with E-state index in [9.17, 15) is 4.79 Å². The fraction of sp³-hybridized carbons (Fsp3) is 0.545. The lowest BCUT2D eigenvalue weighted by molar-refractivity contribution is -0.124. The Labute approximate surface area is 93.7 Å². The predicted octanol–water partition coefficient (Wildman–Crippen LogP) is 1.64. The summed E-state index contributed by atoms with van der Waals surface area (Å²) in [4.78, 5) is 12.7. The van der Waals surface area contributed by atoms with Crippen molar-refractivity contribution in [1.82, 2.24) is 5.32 Å². The molecule has 0 atom stereocenters. The number of carbonyl (C=O) groups excluding carboxylic acids is 1. The van der Waals surface area contributed by atoms with Crippen LogP contribution in [0.25, 0.3) is 0 Å². The van der Waals surface area contributed by atoms with E-state index >= 15 is 0 Å². The van der Waals surface area contributed by atoms with Gasteiger partial charge in [0.05, 0.1) is 5.54 Å². The normalized spacial score (nSPS) is 19.2. The van der Waals surface area contributed by atoms with Crippen molar-refractivity contribution in [2.45, 2.75) is 37.8 Å². The molecule has 1 amide bonds. The first-order valence-electron chi connectivity index (χ1n) is 5.30. The molecule has 1 aromatic rings. The molecule has 3 N–H and O–H groups in total. The summed E-state index contributed by atoms with van der Waals surface area (Å²) in [6, 6.07) is 4.09. The molecule has 0 aliphatic heterocycles. The topological polar surface area (TPSA) is 55.1 Å². The van der Waals surface area contributed by atoms with E-state index in [1.54, 1.807) is 11.3 Å². The highest BCUT2D eigenvalue weighted by Crippen LogP contribution is 2.29. The van der Waals surface area contributed by atoms with E-state index in [1.165, 1.54) is 4.88 Å². The zero-order valence-corrected chi connectivity index (χ0v) is 9.48. The second kappa shape index (κ2) is 4.33. The number of nitrogens with one attached hydrogen (secondary N) is 1. The summed E-state index contributed by atoms with van der Waals surface area (Å²) >= 11 is 1.70. The van der Waals surface area contributed by atoms with Gasteiger partial charge in [0.25, 0.3) is 0 Å². The molecule has 1 saturated carbocycles. The summed E-state index contributed by atoms with van der Waals surface area (Å²) in [5.74, 6) is -0.198. The van der Waals surface area contributed by atoms with Crippen LogP contribution in [0.5, 0.6) is 0 Å². The smallest absolute Gasteiger partial charge is 0.237 e. The number of nitrogens with two attached hydrogens (primary N) is 1. The van der Waals surface area contributed by atoms with E-state index in [4.69, 9.17) is 5.73 Å². The third-order valence-electron chi connectivity index (χ3n) is 3.11. The Morgan fingerprint density at radius 1 is 1.53 bits per heavy atom. The fourth-order valence-electron chi connectivity index (χ4n) is 2.16. The summed E-state index contributed by atoms with van der Waals surface area (Å²) in [6.07, 6.45) is 3.96. The third kappa shape index (κ3) is 2.21. The summed E-state index contributed by atoms with van der Waals surface area (Å²) in [7, 11) is 0. The first-order chi connectivity index (χ1) is 7.23. The van der Waals surface area contributed by atoms with Gasteiger partial charge in [0, 0.05) is 11.4 Å². The third-order valence-corrected chi connectivity index (χ3v) is 3.99. The lowest BCUT2D eigenvalue weighted by Gasteiger charge is -2.26. The Morgan fingerprint density at radius 2 is 2.27 bits per heavy atom. The molecule has 1 fully saturated rings. The summed E-state index contributed by atoms with van der Waals surface area (Å²) in [5, 5.41) is 5.38. The van der Waals surface area contributed by atoms with Crippen LogP contribution in [0.15, 0.2) is 17.5 Å². The maximum Gasteiger partial charge on any atom is 0.237 e. The van der Waals surface area contributed by atoms with Gasteiger partial charge in [-0.15, -0.1) is 11.3 Å². The van der Waals surface area contributed by atoms with Gasteiger partial charge in [-0.05, 0) is 24.3 Å². The first kappa shape index (κ1) is 10.6. The second-order valence-electron chi connectivity index (χ2n) is 4.09. The average Bonchev–Trinajstić information content (AvgIpc) is 2.87. The predicted molar refractivity (Wildman–Crippen MR) is 61.6 cm³/mol. The zero-order chi connectivity index (χ0) is 10.7. The molecule has 3 nitrogen and oxygen atoms in total. The monoisotopic (exact) mass is 224 g/mol. The van der Waals surface area contributed by atoms with Crippen molar-refractivity contribution in [3.8, 4) is 0 Å². The highest BCUT2D eigenvalue weighted by Gasteiger charge is 2.38. The molecule has 1 aliphatic carbocycles. The van der Waals surface area contributed by atoms with Crippen LogP contribution in [0.3, 0.4) is 0 Å². The highest BCUT2D eigenvalue weighted by molar-refractivity contribution is 7.09. The van der Waals surface area contributed by atoms with E-state index in [0.29, 0.717) is 0 Å². The van der Waals surface area contributed by atoms with Crippen LogP contribution in [0, 0.1) is 0 Å². The van der Waals surface area contributed by atoms with Crippen molar-refractivity contribution in [2.24, 2.45) is 5.73 Å². The number of hydrogen-bond acceptors (Lipinski definition) is 3. The number of carbonyl (C=O) groups is 1. The lowest BCUT2D eigenvalue weighted by atomic mass is 9.97. The average molecular weight is 224 g/mol. The Balaban J connectivity index is 1.99. The maximum atomic E-state index is 11.4. The van der Waals surface area contributed by atoms with Gasteiger partial charge in [0.1, 0.15) is 0 Å². The van der Waals surface area contributed by atoms with Crippen LogP contribution < -0.4 is 11.1 Å². The standard InChI is InChI=1S/C11H16N2OS/c12-10(14)11(5-1-2-6-11)13-8-9-4-3-7-15-9/h3-4,7,13H,1-2,5-6,8H2,(H2,12,14). The molecule has 1 aliphatic rings. The molecule has 0 radical (unpaired) electrons. The van der Waals surface area contributed by atoms with Gasteiger partial charge in [0.2, 0.25) is 5.91 Å². The van der Waals surface area contributed by atoms with Gasteiger partial charge in [0.15, 0.2) is 0 Å². The van der Waals surface area contributed by atoms with Crippen LogP contribution in [0.2, 0.25) is 0 Å². The molecule has 1 heterocycles. The van der Waals surface area contributed by atoms with Crippen molar-refractivity contribution in [1.29, 1.82) is 0 Å². The van der Waals surface area contributed by atoms with Crippen LogP contribution in [0.1, 0.15) is 30.6 Å². The summed E-state index contributed by atoms with van der Waals surface area (Å²) in [5.41, 5.74) is 5.03. The molecular formula is C11H16N2OS. The minimum absolute atomic E-state index is 0.198. The molecule has 0 unspecified atom stereocenters. The molecule has 15 heavy (non-hydrogen) atoms. The van der Waals surface area contributed by atoms with E-state index in [1.807, 2.05) is 11.4 Å². The van der Waals surface area contributed by atoms with E-state index in [0.717, 1.165) is 32.2 Å². The van der Waals surface area contributed by atoms with Crippen molar-refractivity contribution < 1.29 is 4.79 Å². The largest absolute Gasteiger partial charge is 0.368 e. The molecular weight excluding hydrogens is 208 g/mol. The number of hydrogen-bond donors (Lipinski definition) is 2. The SMILES string of the molecule is NC(=O)C1(NCc2cccs2)CCCC1. The quantitative estimate of drug-likeness (QED) is 0.817. The molecule has 2 rings (SSSR count). The van der Waals surface area contributed by atoms with Crippen molar-refractivity contribution >= 4 is 17.2 Å². The molecule has 0 bridgehead atoms. The Hall–Kier alpha value is -0.870. The fourth-order valence-corrected chi connectivity index (χ4v) is 2.80. The number of amides is 1. The van der Waals surface area contributed by atoms with Crippen LogP contribution in [-0.2, 0) is 11.3 Å². The van der Waals surface area contributed by atoms with E-state index in [2.05, 4.69) is 11.4 Å². The van der Waals surface area contributed by atoms with E-state index < -0.39 is 5.54 Å². The van der Waals surface area contributed by atoms with E-state index in [-0.39, 0.29) is 5.91 Å². The van der Waals surface area contributed by atoms with Gasteiger partial charge in [-0.1, -0.05) is 18.9 Å². The second-order valence-corrected chi connectivity index (χ2v) is 5.12. The van der Waals surface area contributed by atoms with Crippen LogP contribution in [-0.4, -0.2) is 11.4 Å². The lowest BCUT2D eigenvalue weighted by Crippen LogP contribution is -2.52.